The van der Waals surface area contributed by atoms with Gasteiger partial charge in [-0.3, -0.25) is 15.5 Å². The fraction of sp³-hybridized carbons (Fsp3) is 0.385. The number of nitrogens with zero attached hydrogens (tertiary/aromatic N) is 3. The summed E-state index contributed by atoms with van der Waals surface area (Å²) in [7, 11) is 0. The Hall–Kier alpha value is -1.24. The molecule has 1 atom stereocenters. The highest BCUT2D eigenvalue weighted by molar-refractivity contribution is 9.10. The summed E-state index contributed by atoms with van der Waals surface area (Å²) in [5, 5.41) is 4.38. The van der Waals surface area contributed by atoms with Crippen molar-refractivity contribution in [3.63, 3.8) is 0 Å². The Morgan fingerprint density at radius 2 is 2.26 bits per heavy atom. The van der Waals surface area contributed by atoms with Crippen LogP contribution in [-0.2, 0) is 6.54 Å². The van der Waals surface area contributed by atoms with Crippen molar-refractivity contribution in [1.82, 2.24) is 20.2 Å². The maximum Gasteiger partial charge on any atom is 0.0907 e. The number of aromatic nitrogens is 3. The number of nitrogens with two attached hydrogens (primary N) is 1. The van der Waals surface area contributed by atoms with Gasteiger partial charge < -0.3 is 0 Å². The van der Waals surface area contributed by atoms with Gasteiger partial charge in [-0.25, -0.2) is 5.43 Å². The zero-order chi connectivity index (χ0) is 13.8. The van der Waals surface area contributed by atoms with E-state index in [0.717, 1.165) is 34.3 Å². The fourth-order valence-electron chi connectivity index (χ4n) is 2.14. The first kappa shape index (κ1) is 14.2. The van der Waals surface area contributed by atoms with Crippen LogP contribution in [0.5, 0.6) is 0 Å². The van der Waals surface area contributed by atoms with E-state index >= 15 is 0 Å². The Labute approximate surface area is 121 Å². The molecule has 19 heavy (non-hydrogen) atoms. The number of hydrogen-bond acceptors (Lipinski definition) is 4. The lowest BCUT2D eigenvalue weighted by Crippen LogP contribution is -2.31. The highest BCUT2D eigenvalue weighted by Gasteiger charge is 2.22. The van der Waals surface area contributed by atoms with Crippen LogP contribution in [0.15, 0.2) is 29.1 Å². The topological polar surface area (TPSA) is 68.8 Å². The van der Waals surface area contributed by atoms with Crippen molar-refractivity contribution in [2.24, 2.45) is 5.84 Å². The smallest absolute Gasteiger partial charge is 0.0907 e. The predicted molar refractivity (Wildman–Crippen MR) is 78.4 cm³/mol. The van der Waals surface area contributed by atoms with Crippen LogP contribution in [0.1, 0.15) is 36.2 Å². The Morgan fingerprint density at radius 1 is 1.47 bits per heavy atom. The molecule has 0 aliphatic carbocycles. The summed E-state index contributed by atoms with van der Waals surface area (Å²) in [5.41, 5.74) is 6.10. The second-order valence-electron chi connectivity index (χ2n) is 4.43. The van der Waals surface area contributed by atoms with Crippen LogP contribution >= 0.6 is 15.9 Å². The van der Waals surface area contributed by atoms with Gasteiger partial charge in [0.05, 0.1) is 22.4 Å². The minimum absolute atomic E-state index is 0.128. The van der Waals surface area contributed by atoms with E-state index in [1.54, 1.807) is 12.4 Å². The van der Waals surface area contributed by atoms with E-state index in [2.05, 4.69) is 45.3 Å². The van der Waals surface area contributed by atoms with Crippen molar-refractivity contribution in [2.75, 3.05) is 0 Å². The van der Waals surface area contributed by atoms with Gasteiger partial charge >= 0.3 is 0 Å². The molecule has 1 unspecified atom stereocenters. The number of hydrazine groups is 1. The van der Waals surface area contributed by atoms with Gasteiger partial charge in [-0.15, -0.1) is 0 Å². The SMILES string of the molecule is CCCn1ncc(Br)c1C(NN)c1cnccc1C. The Kier molecular flexibility index (Phi) is 4.68. The van der Waals surface area contributed by atoms with Crippen LogP contribution in [-0.4, -0.2) is 14.8 Å². The van der Waals surface area contributed by atoms with Crippen LogP contribution in [0.3, 0.4) is 0 Å². The van der Waals surface area contributed by atoms with E-state index in [4.69, 9.17) is 5.84 Å². The number of rotatable bonds is 5. The van der Waals surface area contributed by atoms with Gasteiger partial charge in [0, 0.05) is 18.9 Å². The molecule has 0 saturated carbocycles. The largest absolute Gasteiger partial charge is 0.271 e. The summed E-state index contributed by atoms with van der Waals surface area (Å²) >= 11 is 3.55. The molecule has 0 radical (unpaired) electrons. The third-order valence-electron chi connectivity index (χ3n) is 3.10. The first-order valence-electron chi connectivity index (χ1n) is 6.26. The lowest BCUT2D eigenvalue weighted by atomic mass is 10.0. The van der Waals surface area contributed by atoms with E-state index in [1.165, 1.54) is 0 Å². The lowest BCUT2D eigenvalue weighted by molar-refractivity contribution is 0.518. The van der Waals surface area contributed by atoms with Crippen LogP contribution in [0.4, 0.5) is 0 Å². The predicted octanol–water partition coefficient (Wildman–Crippen LogP) is 2.31. The molecular weight excluding hydrogens is 306 g/mol. The quantitative estimate of drug-likeness (QED) is 0.654. The van der Waals surface area contributed by atoms with Crippen LogP contribution in [0.25, 0.3) is 0 Å². The zero-order valence-electron chi connectivity index (χ0n) is 11.1. The normalized spacial score (nSPS) is 12.6. The van der Waals surface area contributed by atoms with Crippen molar-refractivity contribution in [2.45, 2.75) is 32.9 Å². The molecule has 0 spiro atoms. The molecular formula is C13H18BrN5. The van der Waals surface area contributed by atoms with Crippen molar-refractivity contribution in [3.8, 4) is 0 Å². The molecule has 0 aromatic carbocycles. The second kappa shape index (κ2) is 6.27. The molecule has 0 aliphatic heterocycles. The van der Waals surface area contributed by atoms with E-state index in [-0.39, 0.29) is 6.04 Å². The monoisotopic (exact) mass is 323 g/mol. The molecule has 102 valence electrons. The molecule has 6 heteroatoms. The third kappa shape index (κ3) is 2.86. The highest BCUT2D eigenvalue weighted by atomic mass is 79.9. The van der Waals surface area contributed by atoms with Gasteiger partial charge in [0.1, 0.15) is 0 Å². The molecule has 0 bridgehead atoms. The first-order chi connectivity index (χ1) is 9.19. The second-order valence-corrected chi connectivity index (χ2v) is 5.29. The number of halogens is 1. The molecule has 3 N–H and O–H groups in total. The van der Waals surface area contributed by atoms with Gasteiger partial charge in [-0.05, 0) is 46.5 Å². The highest BCUT2D eigenvalue weighted by Crippen LogP contribution is 2.29. The van der Waals surface area contributed by atoms with Gasteiger partial charge in [0.25, 0.3) is 0 Å². The van der Waals surface area contributed by atoms with Gasteiger partial charge in [0.15, 0.2) is 0 Å². The summed E-state index contributed by atoms with van der Waals surface area (Å²) in [4.78, 5) is 4.19. The van der Waals surface area contributed by atoms with E-state index in [1.807, 2.05) is 16.9 Å². The van der Waals surface area contributed by atoms with E-state index in [0.29, 0.717) is 0 Å². The average Bonchev–Trinajstić information content (AvgIpc) is 2.75. The summed E-state index contributed by atoms with van der Waals surface area (Å²) in [6.07, 6.45) is 6.45. The lowest BCUT2D eigenvalue weighted by Gasteiger charge is -2.20. The Morgan fingerprint density at radius 3 is 2.89 bits per heavy atom. The summed E-state index contributed by atoms with van der Waals surface area (Å²) in [6, 6.07) is 1.85. The van der Waals surface area contributed by atoms with E-state index < -0.39 is 0 Å². The minimum Gasteiger partial charge on any atom is -0.271 e. The van der Waals surface area contributed by atoms with E-state index in [9.17, 15) is 0 Å². The first-order valence-corrected chi connectivity index (χ1v) is 7.06. The molecule has 2 heterocycles. The summed E-state index contributed by atoms with van der Waals surface area (Å²) in [6.45, 7) is 5.04. The number of aryl methyl sites for hydroxylation is 2. The molecule has 5 nitrogen and oxygen atoms in total. The van der Waals surface area contributed by atoms with Crippen molar-refractivity contribution in [1.29, 1.82) is 0 Å². The van der Waals surface area contributed by atoms with Crippen molar-refractivity contribution < 1.29 is 0 Å². The molecule has 0 aliphatic rings. The minimum atomic E-state index is -0.128. The fourth-order valence-corrected chi connectivity index (χ4v) is 2.67. The molecule has 0 amide bonds. The van der Waals surface area contributed by atoms with Gasteiger partial charge in [0.2, 0.25) is 0 Å². The Balaban J connectivity index is 2.48. The summed E-state index contributed by atoms with van der Waals surface area (Å²) < 4.78 is 2.92. The third-order valence-corrected chi connectivity index (χ3v) is 3.71. The van der Waals surface area contributed by atoms with Crippen molar-refractivity contribution >= 4 is 15.9 Å². The van der Waals surface area contributed by atoms with Gasteiger partial charge in [-0.2, -0.15) is 5.10 Å². The number of nitrogens with one attached hydrogen (secondary N) is 1. The number of pyridine rings is 1. The van der Waals surface area contributed by atoms with Crippen LogP contribution < -0.4 is 11.3 Å². The Bertz CT molecular complexity index is 552. The standard InChI is InChI=1S/C13H18BrN5/c1-3-6-19-13(11(14)8-17-19)12(18-15)10-7-16-5-4-9(10)2/h4-5,7-8,12,18H,3,6,15H2,1-2H3. The maximum atomic E-state index is 5.76. The van der Waals surface area contributed by atoms with Crippen molar-refractivity contribution in [3.05, 3.63) is 46.0 Å². The van der Waals surface area contributed by atoms with Gasteiger partial charge in [-0.1, -0.05) is 6.92 Å². The molecule has 0 fully saturated rings. The van der Waals surface area contributed by atoms with Crippen LogP contribution in [0, 0.1) is 6.92 Å². The molecule has 0 saturated heterocycles. The molecule has 2 aromatic heterocycles. The average molecular weight is 324 g/mol. The summed E-state index contributed by atoms with van der Waals surface area (Å²) in [5.74, 6) is 5.76. The zero-order valence-corrected chi connectivity index (χ0v) is 12.7. The maximum absolute atomic E-state index is 5.76. The molecule has 2 rings (SSSR count). The molecule has 2 aromatic rings. The van der Waals surface area contributed by atoms with Crippen LogP contribution in [0.2, 0.25) is 0 Å². The number of hydrogen-bond donors (Lipinski definition) is 2.